The standard InChI is InChI=1S/C19H30O6/c1-9-10-11(21-16(20)17(2,3)4)13-15(25-19(7,8)23-13)14-12(10)22-18(5,6)24-14/h9-15H,1H2,2-8H3/t10-,11-,12+,13+,14+,15-/m1/s1. The molecule has 1 saturated carbocycles. The molecule has 6 atom stereocenters. The topological polar surface area (TPSA) is 63.2 Å². The summed E-state index contributed by atoms with van der Waals surface area (Å²) in [4.78, 5) is 12.5. The lowest BCUT2D eigenvalue weighted by atomic mass is 9.78. The predicted molar refractivity (Wildman–Crippen MR) is 90.7 cm³/mol. The molecule has 3 rings (SSSR count). The summed E-state index contributed by atoms with van der Waals surface area (Å²) in [5, 5.41) is 0. The van der Waals surface area contributed by atoms with Crippen LogP contribution in [0.4, 0.5) is 0 Å². The Bertz CT molecular complexity index is 561. The molecular weight excluding hydrogens is 324 g/mol. The van der Waals surface area contributed by atoms with Crippen LogP contribution < -0.4 is 0 Å². The van der Waals surface area contributed by atoms with Crippen LogP contribution in [-0.2, 0) is 28.5 Å². The second-order valence-electron chi connectivity index (χ2n) is 9.06. The first-order valence-corrected chi connectivity index (χ1v) is 8.89. The summed E-state index contributed by atoms with van der Waals surface area (Å²) in [7, 11) is 0. The molecule has 1 aliphatic carbocycles. The zero-order valence-corrected chi connectivity index (χ0v) is 16.2. The maximum absolute atomic E-state index is 12.5. The van der Waals surface area contributed by atoms with Crippen molar-refractivity contribution in [2.75, 3.05) is 0 Å². The first-order chi connectivity index (χ1) is 11.3. The quantitative estimate of drug-likeness (QED) is 0.561. The van der Waals surface area contributed by atoms with E-state index in [9.17, 15) is 4.79 Å². The molecule has 2 saturated heterocycles. The van der Waals surface area contributed by atoms with E-state index in [2.05, 4.69) is 6.58 Å². The highest BCUT2D eigenvalue weighted by Gasteiger charge is 2.64. The Hall–Kier alpha value is -0.950. The molecule has 142 valence electrons. The predicted octanol–water partition coefficient (Wildman–Crippen LogP) is 2.80. The largest absolute Gasteiger partial charge is 0.458 e. The molecule has 3 fully saturated rings. The molecule has 2 heterocycles. The highest BCUT2D eigenvalue weighted by Crippen LogP contribution is 2.48. The molecule has 6 heteroatoms. The van der Waals surface area contributed by atoms with Crippen LogP contribution in [0.15, 0.2) is 12.7 Å². The molecule has 3 aliphatic rings. The monoisotopic (exact) mass is 354 g/mol. The highest BCUT2D eigenvalue weighted by molar-refractivity contribution is 5.75. The minimum absolute atomic E-state index is 0.239. The molecule has 0 N–H and O–H groups in total. The third-order valence-corrected chi connectivity index (χ3v) is 4.86. The summed E-state index contributed by atoms with van der Waals surface area (Å²) in [6.45, 7) is 16.9. The van der Waals surface area contributed by atoms with E-state index >= 15 is 0 Å². The lowest BCUT2D eigenvalue weighted by Crippen LogP contribution is -2.59. The van der Waals surface area contributed by atoms with E-state index in [1.165, 1.54) is 0 Å². The highest BCUT2D eigenvalue weighted by atomic mass is 16.8. The van der Waals surface area contributed by atoms with Crippen LogP contribution in [0.2, 0.25) is 0 Å². The van der Waals surface area contributed by atoms with Gasteiger partial charge in [-0.2, -0.15) is 0 Å². The van der Waals surface area contributed by atoms with Gasteiger partial charge in [0.15, 0.2) is 11.6 Å². The lowest BCUT2D eigenvalue weighted by Gasteiger charge is -2.42. The second-order valence-corrected chi connectivity index (χ2v) is 9.06. The van der Waals surface area contributed by atoms with Crippen LogP contribution >= 0.6 is 0 Å². The van der Waals surface area contributed by atoms with Gasteiger partial charge in [-0.25, -0.2) is 0 Å². The van der Waals surface area contributed by atoms with E-state index < -0.39 is 29.2 Å². The van der Waals surface area contributed by atoms with Crippen molar-refractivity contribution in [2.45, 2.75) is 90.6 Å². The van der Waals surface area contributed by atoms with Crippen molar-refractivity contribution in [1.82, 2.24) is 0 Å². The second kappa shape index (κ2) is 5.78. The van der Waals surface area contributed by atoms with E-state index in [-0.39, 0.29) is 30.2 Å². The van der Waals surface area contributed by atoms with Gasteiger partial charge in [0.1, 0.15) is 24.4 Å². The Morgan fingerprint density at radius 1 is 0.920 bits per heavy atom. The molecule has 0 radical (unpaired) electrons. The summed E-state index contributed by atoms with van der Waals surface area (Å²) >= 11 is 0. The summed E-state index contributed by atoms with van der Waals surface area (Å²) in [5.74, 6) is -2.04. The lowest BCUT2D eigenvalue weighted by molar-refractivity contribution is -0.189. The van der Waals surface area contributed by atoms with Crippen molar-refractivity contribution in [3.63, 3.8) is 0 Å². The number of ether oxygens (including phenoxy) is 5. The van der Waals surface area contributed by atoms with E-state index in [0.717, 1.165) is 0 Å². The number of esters is 1. The molecule has 2 aliphatic heterocycles. The molecule has 6 nitrogen and oxygen atoms in total. The fourth-order valence-electron chi connectivity index (χ4n) is 3.81. The first kappa shape index (κ1) is 18.8. The Morgan fingerprint density at radius 3 is 1.84 bits per heavy atom. The number of hydrogen-bond acceptors (Lipinski definition) is 6. The van der Waals surface area contributed by atoms with Crippen LogP contribution in [0, 0.1) is 11.3 Å². The Balaban J connectivity index is 1.95. The number of carbonyl (C=O) groups is 1. The van der Waals surface area contributed by atoms with Crippen LogP contribution in [-0.4, -0.2) is 48.1 Å². The number of rotatable bonds is 2. The number of carbonyl (C=O) groups excluding carboxylic acids is 1. The summed E-state index contributed by atoms with van der Waals surface area (Å²) in [5.41, 5.74) is -0.612. The van der Waals surface area contributed by atoms with Gasteiger partial charge >= 0.3 is 5.97 Å². The van der Waals surface area contributed by atoms with Gasteiger partial charge in [0.05, 0.1) is 11.5 Å². The van der Waals surface area contributed by atoms with E-state index in [1.54, 1.807) is 6.08 Å². The van der Waals surface area contributed by atoms with E-state index in [0.29, 0.717) is 0 Å². The van der Waals surface area contributed by atoms with Crippen molar-refractivity contribution in [3.8, 4) is 0 Å². The van der Waals surface area contributed by atoms with Gasteiger partial charge in [-0.3, -0.25) is 4.79 Å². The SMILES string of the molecule is C=C[C@@H]1[C@@H](OC(=O)C(C)(C)C)[C@@H]2OC(C)(C)O[C@H]2[C@H]2OC(C)(C)O[C@@H]12. The summed E-state index contributed by atoms with van der Waals surface area (Å²) in [6, 6.07) is 0. The molecule has 0 amide bonds. The summed E-state index contributed by atoms with van der Waals surface area (Å²) < 4.78 is 30.3. The van der Waals surface area contributed by atoms with Crippen LogP contribution in [0.3, 0.4) is 0 Å². The van der Waals surface area contributed by atoms with Gasteiger partial charge < -0.3 is 23.7 Å². The molecule has 0 bridgehead atoms. The van der Waals surface area contributed by atoms with Crippen molar-refractivity contribution in [1.29, 1.82) is 0 Å². The minimum Gasteiger partial charge on any atom is -0.458 e. The van der Waals surface area contributed by atoms with Gasteiger partial charge in [-0.05, 0) is 48.5 Å². The number of hydrogen-bond donors (Lipinski definition) is 0. The average molecular weight is 354 g/mol. The van der Waals surface area contributed by atoms with Crippen molar-refractivity contribution >= 4 is 5.97 Å². The maximum Gasteiger partial charge on any atom is 0.311 e. The molecule has 0 unspecified atom stereocenters. The summed E-state index contributed by atoms with van der Waals surface area (Å²) in [6.07, 6.45) is -0.152. The van der Waals surface area contributed by atoms with Gasteiger partial charge in [-0.1, -0.05) is 6.08 Å². The molecule has 25 heavy (non-hydrogen) atoms. The molecule has 0 spiro atoms. The van der Waals surface area contributed by atoms with Gasteiger partial charge in [0.2, 0.25) is 0 Å². The van der Waals surface area contributed by atoms with Crippen LogP contribution in [0.5, 0.6) is 0 Å². The zero-order valence-electron chi connectivity index (χ0n) is 16.2. The molecular formula is C19H30O6. The van der Waals surface area contributed by atoms with E-state index in [4.69, 9.17) is 23.7 Å². The van der Waals surface area contributed by atoms with Crippen LogP contribution in [0.1, 0.15) is 48.5 Å². The Morgan fingerprint density at radius 2 is 1.36 bits per heavy atom. The first-order valence-electron chi connectivity index (χ1n) is 8.89. The van der Waals surface area contributed by atoms with Crippen molar-refractivity contribution in [3.05, 3.63) is 12.7 Å². The third-order valence-electron chi connectivity index (χ3n) is 4.86. The van der Waals surface area contributed by atoms with Gasteiger partial charge in [-0.15, -0.1) is 6.58 Å². The third kappa shape index (κ3) is 3.37. The zero-order chi connectivity index (χ0) is 18.8. The maximum atomic E-state index is 12.5. The average Bonchev–Trinajstić information content (AvgIpc) is 2.93. The van der Waals surface area contributed by atoms with Crippen molar-refractivity contribution < 1.29 is 28.5 Å². The van der Waals surface area contributed by atoms with Gasteiger partial charge in [0, 0.05) is 5.92 Å². The Labute approximate surface area is 149 Å². The molecule has 0 aromatic rings. The fourth-order valence-corrected chi connectivity index (χ4v) is 3.81. The Kier molecular flexibility index (Phi) is 4.35. The van der Waals surface area contributed by atoms with Gasteiger partial charge in [0.25, 0.3) is 0 Å². The normalized spacial score (nSPS) is 41.7. The van der Waals surface area contributed by atoms with E-state index in [1.807, 2.05) is 48.5 Å². The van der Waals surface area contributed by atoms with Crippen molar-refractivity contribution in [2.24, 2.45) is 11.3 Å². The van der Waals surface area contributed by atoms with Crippen LogP contribution in [0.25, 0.3) is 0 Å². The molecule has 0 aromatic heterocycles. The minimum atomic E-state index is -0.779. The molecule has 0 aromatic carbocycles. The number of fused-ring (bicyclic) bond motifs is 3. The fraction of sp³-hybridized carbons (Fsp3) is 0.842. The smallest absolute Gasteiger partial charge is 0.311 e.